The number of aromatic nitrogens is 1. The molecule has 0 amide bonds. The van der Waals surface area contributed by atoms with Crippen LogP contribution in [0.3, 0.4) is 0 Å². The third-order valence-electron chi connectivity index (χ3n) is 2.78. The summed E-state index contributed by atoms with van der Waals surface area (Å²) in [5, 5.41) is 12.3. The molecule has 0 atom stereocenters. The average Bonchev–Trinajstić information content (AvgIpc) is 2.84. The second kappa shape index (κ2) is 4.97. The number of thioether (sulfide) groups is 1. The van der Waals surface area contributed by atoms with Gasteiger partial charge in [-0.2, -0.15) is 11.8 Å². The van der Waals surface area contributed by atoms with E-state index in [1.807, 2.05) is 36.0 Å². The van der Waals surface area contributed by atoms with Crippen molar-refractivity contribution in [3.05, 3.63) is 36.0 Å². The lowest BCUT2D eigenvalue weighted by atomic mass is 10.1. The summed E-state index contributed by atoms with van der Waals surface area (Å²) >= 11 is 1.87. The quantitative estimate of drug-likeness (QED) is 0.925. The van der Waals surface area contributed by atoms with E-state index in [0.29, 0.717) is 11.9 Å². The van der Waals surface area contributed by atoms with Gasteiger partial charge in [-0.25, -0.2) is 4.79 Å². The van der Waals surface area contributed by atoms with Crippen molar-refractivity contribution in [2.45, 2.75) is 6.10 Å². The number of aromatic carboxylic acids is 1. The Morgan fingerprint density at radius 3 is 2.63 bits per heavy atom. The fraction of sp³-hybridized carbons (Fsp3) is 0.231. The fourth-order valence-electron chi connectivity index (χ4n) is 1.68. The molecule has 3 rings (SSSR count). The van der Waals surface area contributed by atoms with E-state index in [1.54, 1.807) is 0 Å². The number of carboxylic acid groups (broad SMARTS) is 1. The molecule has 1 N–H and O–H groups in total. The van der Waals surface area contributed by atoms with Gasteiger partial charge in [0.05, 0.1) is 0 Å². The van der Waals surface area contributed by atoms with Gasteiger partial charge in [0.25, 0.3) is 0 Å². The summed E-state index contributed by atoms with van der Waals surface area (Å²) in [6, 6.07) is 8.75. The highest BCUT2D eigenvalue weighted by molar-refractivity contribution is 8.00. The minimum absolute atomic E-state index is 0.0955. The molecule has 2 heterocycles. The zero-order valence-electron chi connectivity index (χ0n) is 9.91. The molecule has 0 spiro atoms. The number of carboxylic acids is 1. The van der Waals surface area contributed by atoms with Gasteiger partial charge in [-0.1, -0.05) is 5.16 Å². The van der Waals surface area contributed by atoms with Gasteiger partial charge in [-0.15, -0.1) is 0 Å². The van der Waals surface area contributed by atoms with E-state index < -0.39 is 5.97 Å². The highest BCUT2D eigenvalue weighted by Gasteiger charge is 2.19. The third-order valence-corrected chi connectivity index (χ3v) is 3.99. The molecule has 98 valence electrons. The van der Waals surface area contributed by atoms with E-state index in [0.717, 1.165) is 22.8 Å². The first-order valence-electron chi connectivity index (χ1n) is 5.77. The van der Waals surface area contributed by atoms with Gasteiger partial charge >= 0.3 is 5.97 Å². The standard InChI is InChI=1S/C13H11NO4S/c15-13(16)11-5-12(18-14-11)8-1-3-9(4-2-8)17-10-6-19-7-10/h1-5,10H,6-7H2,(H,15,16). The van der Waals surface area contributed by atoms with Gasteiger partial charge in [0.15, 0.2) is 11.5 Å². The van der Waals surface area contributed by atoms with Crippen molar-refractivity contribution in [1.82, 2.24) is 5.16 Å². The van der Waals surface area contributed by atoms with Gasteiger partial charge in [-0.05, 0) is 24.3 Å². The number of nitrogens with zero attached hydrogens (tertiary/aromatic N) is 1. The molecule has 1 aliphatic heterocycles. The molecule has 2 aromatic rings. The lowest BCUT2D eigenvalue weighted by Crippen LogP contribution is -2.30. The van der Waals surface area contributed by atoms with Crippen LogP contribution in [0, 0.1) is 0 Å². The van der Waals surface area contributed by atoms with Crippen molar-refractivity contribution < 1.29 is 19.2 Å². The van der Waals surface area contributed by atoms with Crippen LogP contribution in [0.2, 0.25) is 0 Å². The first-order valence-corrected chi connectivity index (χ1v) is 6.93. The number of rotatable bonds is 4. The molecule has 1 saturated heterocycles. The lowest BCUT2D eigenvalue weighted by molar-refractivity contribution is 0.0686. The maximum absolute atomic E-state index is 10.7. The molecule has 0 bridgehead atoms. The SMILES string of the molecule is O=C(O)c1cc(-c2ccc(OC3CSC3)cc2)on1. The van der Waals surface area contributed by atoms with Crippen LogP contribution in [0.1, 0.15) is 10.5 Å². The van der Waals surface area contributed by atoms with E-state index in [2.05, 4.69) is 5.16 Å². The van der Waals surface area contributed by atoms with E-state index in [9.17, 15) is 4.79 Å². The molecule has 1 aromatic carbocycles. The molecule has 1 aromatic heterocycles. The summed E-state index contributed by atoms with van der Waals surface area (Å²) < 4.78 is 10.7. The van der Waals surface area contributed by atoms with Crippen molar-refractivity contribution in [2.24, 2.45) is 0 Å². The number of carbonyl (C=O) groups is 1. The highest BCUT2D eigenvalue weighted by Crippen LogP contribution is 2.27. The maximum atomic E-state index is 10.7. The van der Waals surface area contributed by atoms with Crippen LogP contribution in [0.25, 0.3) is 11.3 Å². The Bertz CT molecular complexity index is 589. The van der Waals surface area contributed by atoms with Gasteiger partial charge in [0, 0.05) is 23.1 Å². The monoisotopic (exact) mass is 277 g/mol. The summed E-state index contributed by atoms with van der Waals surface area (Å²) in [6.45, 7) is 0. The minimum atomic E-state index is -1.10. The molecule has 0 radical (unpaired) electrons. The van der Waals surface area contributed by atoms with Gasteiger partial charge in [0.1, 0.15) is 11.9 Å². The first-order chi connectivity index (χ1) is 9.22. The topological polar surface area (TPSA) is 72.6 Å². The summed E-state index contributed by atoms with van der Waals surface area (Å²) in [6.07, 6.45) is 0.305. The Labute approximate surface area is 113 Å². The summed E-state index contributed by atoms with van der Waals surface area (Å²) in [4.78, 5) is 10.7. The molecule has 5 nitrogen and oxygen atoms in total. The van der Waals surface area contributed by atoms with Crippen molar-refractivity contribution in [3.63, 3.8) is 0 Å². The Morgan fingerprint density at radius 2 is 2.11 bits per heavy atom. The van der Waals surface area contributed by atoms with E-state index >= 15 is 0 Å². The summed E-state index contributed by atoms with van der Waals surface area (Å²) in [5.41, 5.74) is 0.678. The molecular weight excluding hydrogens is 266 g/mol. The molecule has 6 heteroatoms. The third kappa shape index (κ3) is 2.58. The first kappa shape index (κ1) is 12.1. The Kier molecular flexibility index (Phi) is 3.16. The van der Waals surface area contributed by atoms with Crippen LogP contribution in [0.5, 0.6) is 5.75 Å². The van der Waals surface area contributed by atoms with Crippen LogP contribution in [0.15, 0.2) is 34.9 Å². The van der Waals surface area contributed by atoms with Gasteiger partial charge < -0.3 is 14.4 Å². The Balaban J connectivity index is 1.75. The van der Waals surface area contributed by atoms with Crippen molar-refractivity contribution in [1.29, 1.82) is 0 Å². The summed E-state index contributed by atoms with van der Waals surface area (Å²) in [5.74, 6) is 2.21. The normalized spacial score (nSPS) is 14.9. The zero-order valence-corrected chi connectivity index (χ0v) is 10.7. The fourth-order valence-corrected chi connectivity index (χ4v) is 2.25. The minimum Gasteiger partial charge on any atom is -0.489 e. The number of hydrogen-bond donors (Lipinski definition) is 1. The van der Waals surface area contributed by atoms with Crippen molar-refractivity contribution in [3.8, 4) is 17.1 Å². The van der Waals surface area contributed by atoms with Crippen LogP contribution < -0.4 is 4.74 Å². The van der Waals surface area contributed by atoms with Crippen molar-refractivity contribution in [2.75, 3.05) is 11.5 Å². The predicted molar refractivity (Wildman–Crippen MR) is 70.6 cm³/mol. The van der Waals surface area contributed by atoms with E-state index in [4.69, 9.17) is 14.4 Å². The largest absolute Gasteiger partial charge is 0.489 e. The lowest BCUT2D eigenvalue weighted by Gasteiger charge is -2.25. The zero-order chi connectivity index (χ0) is 13.2. The van der Waals surface area contributed by atoms with Crippen LogP contribution in [0.4, 0.5) is 0 Å². The van der Waals surface area contributed by atoms with Crippen LogP contribution in [-0.2, 0) is 0 Å². The number of benzene rings is 1. The molecule has 0 unspecified atom stereocenters. The second-order valence-corrected chi connectivity index (χ2v) is 5.26. The number of hydrogen-bond acceptors (Lipinski definition) is 5. The average molecular weight is 277 g/mol. The Hall–Kier alpha value is -1.95. The summed E-state index contributed by atoms with van der Waals surface area (Å²) in [7, 11) is 0. The van der Waals surface area contributed by atoms with E-state index in [-0.39, 0.29) is 5.69 Å². The number of ether oxygens (including phenoxy) is 1. The molecule has 1 fully saturated rings. The predicted octanol–water partition coefficient (Wildman–Crippen LogP) is 2.53. The van der Waals surface area contributed by atoms with Gasteiger partial charge in [-0.3, -0.25) is 0 Å². The molecule has 19 heavy (non-hydrogen) atoms. The maximum Gasteiger partial charge on any atom is 0.358 e. The highest BCUT2D eigenvalue weighted by atomic mass is 32.2. The second-order valence-electron chi connectivity index (χ2n) is 4.18. The van der Waals surface area contributed by atoms with Crippen LogP contribution in [-0.4, -0.2) is 33.8 Å². The van der Waals surface area contributed by atoms with Crippen LogP contribution >= 0.6 is 11.8 Å². The van der Waals surface area contributed by atoms with Gasteiger partial charge in [0.2, 0.25) is 0 Å². The molecular formula is C13H11NO4S. The molecule has 0 saturated carbocycles. The smallest absolute Gasteiger partial charge is 0.358 e. The van der Waals surface area contributed by atoms with Crippen molar-refractivity contribution >= 4 is 17.7 Å². The Morgan fingerprint density at radius 1 is 1.37 bits per heavy atom. The van der Waals surface area contributed by atoms with E-state index in [1.165, 1.54) is 6.07 Å². The molecule has 1 aliphatic rings. The molecule has 0 aliphatic carbocycles.